The van der Waals surface area contributed by atoms with Gasteiger partial charge in [-0.25, -0.2) is 4.79 Å². The SMILES string of the molecule is CCn1c(C(=O)O)ccc1-c1cn(C)nc1C. The number of carbonyl (C=O) groups is 1. The first-order chi connectivity index (χ1) is 8.04. The molecule has 0 aliphatic carbocycles. The van der Waals surface area contributed by atoms with E-state index in [2.05, 4.69) is 5.10 Å². The third-order valence-corrected chi connectivity index (χ3v) is 2.81. The molecular weight excluding hydrogens is 218 g/mol. The van der Waals surface area contributed by atoms with Crippen molar-refractivity contribution >= 4 is 5.97 Å². The van der Waals surface area contributed by atoms with Crippen LogP contribution >= 0.6 is 0 Å². The van der Waals surface area contributed by atoms with Crippen LogP contribution in [0.2, 0.25) is 0 Å². The van der Waals surface area contributed by atoms with Crippen LogP contribution in [-0.2, 0) is 13.6 Å². The predicted molar refractivity (Wildman–Crippen MR) is 64.0 cm³/mol. The van der Waals surface area contributed by atoms with Gasteiger partial charge in [0.2, 0.25) is 0 Å². The van der Waals surface area contributed by atoms with Crippen molar-refractivity contribution in [2.45, 2.75) is 20.4 Å². The fraction of sp³-hybridized carbons (Fsp3) is 0.333. The molecule has 0 aliphatic rings. The summed E-state index contributed by atoms with van der Waals surface area (Å²) in [7, 11) is 1.85. The van der Waals surface area contributed by atoms with Crippen LogP contribution in [0.25, 0.3) is 11.3 Å². The maximum absolute atomic E-state index is 11.1. The second-order valence-electron chi connectivity index (χ2n) is 3.96. The van der Waals surface area contributed by atoms with Crippen molar-refractivity contribution in [2.24, 2.45) is 7.05 Å². The van der Waals surface area contributed by atoms with Gasteiger partial charge in [0.15, 0.2) is 0 Å². The average Bonchev–Trinajstić information content (AvgIpc) is 2.80. The first-order valence-electron chi connectivity index (χ1n) is 5.48. The Bertz CT molecular complexity index is 566. The summed E-state index contributed by atoms with van der Waals surface area (Å²) in [6, 6.07) is 3.46. The van der Waals surface area contributed by atoms with Gasteiger partial charge in [-0.2, -0.15) is 5.10 Å². The number of rotatable bonds is 3. The number of hydrogen-bond acceptors (Lipinski definition) is 2. The Morgan fingerprint density at radius 1 is 1.47 bits per heavy atom. The Balaban J connectivity index is 2.60. The molecule has 0 unspecified atom stereocenters. The van der Waals surface area contributed by atoms with E-state index in [9.17, 15) is 4.79 Å². The number of nitrogens with zero attached hydrogens (tertiary/aromatic N) is 3. The van der Waals surface area contributed by atoms with Gasteiger partial charge in [-0.3, -0.25) is 4.68 Å². The van der Waals surface area contributed by atoms with Crippen molar-refractivity contribution in [3.8, 4) is 11.3 Å². The van der Waals surface area contributed by atoms with E-state index in [1.807, 2.05) is 33.2 Å². The highest BCUT2D eigenvalue weighted by atomic mass is 16.4. The Morgan fingerprint density at radius 3 is 2.65 bits per heavy atom. The van der Waals surface area contributed by atoms with Crippen LogP contribution in [0.5, 0.6) is 0 Å². The highest BCUT2D eigenvalue weighted by Gasteiger charge is 2.16. The van der Waals surface area contributed by atoms with Gasteiger partial charge in [-0.15, -0.1) is 0 Å². The van der Waals surface area contributed by atoms with Crippen molar-refractivity contribution in [3.05, 3.63) is 29.7 Å². The lowest BCUT2D eigenvalue weighted by atomic mass is 10.2. The Labute approximate surface area is 99.3 Å². The predicted octanol–water partition coefficient (Wildman–Crippen LogP) is 1.92. The summed E-state index contributed by atoms with van der Waals surface area (Å²) < 4.78 is 3.52. The summed E-state index contributed by atoms with van der Waals surface area (Å²) in [6.07, 6.45) is 1.91. The molecule has 90 valence electrons. The zero-order chi connectivity index (χ0) is 12.6. The summed E-state index contributed by atoms with van der Waals surface area (Å²) in [5.74, 6) is -0.903. The van der Waals surface area contributed by atoms with Crippen molar-refractivity contribution in [1.29, 1.82) is 0 Å². The zero-order valence-electron chi connectivity index (χ0n) is 10.1. The van der Waals surface area contributed by atoms with Crippen molar-refractivity contribution in [1.82, 2.24) is 14.3 Å². The van der Waals surface area contributed by atoms with E-state index in [0.29, 0.717) is 12.2 Å². The van der Waals surface area contributed by atoms with Crippen LogP contribution in [0, 0.1) is 6.92 Å². The van der Waals surface area contributed by atoms with Crippen LogP contribution in [0.1, 0.15) is 23.1 Å². The topological polar surface area (TPSA) is 60.1 Å². The molecule has 2 rings (SSSR count). The van der Waals surface area contributed by atoms with Gasteiger partial charge in [-0.1, -0.05) is 0 Å². The number of hydrogen-bond donors (Lipinski definition) is 1. The molecular formula is C12H15N3O2. The van der Waals surface area contributed by atoms with E-state index >= 15 is 0 Å². The lowest BCUT2D eigenvalue weighted by molar-refractivity contribution is 0.0685. The largest absolute Gasteiger partial charge is 0.477 e. The fourth-order valence-electron chi connectivity index (χ4n) is 2.08. The summed E-state index contributed by atoms with van der Waals surface area (Å²) in [4.78, 5) is 11.1. The van der Waals surface area contributed by atoms with Crippen LogP contribution in [0.3, 0.4) is 0 Å². The highest BCUT2D eigenvalue weighted by molar-refractivity contribution is 5.87. The molecule has 0 amide bonds. The fourth-order valence-corrected chi connectivity index (χ4v) is 2.08. The number of aromatic carboxylic acids is 1. The second kappa shape index (κ2) is 4.08. The molecule has 0 spiro atoms. The molecule has 0 saturated carbocycles. The minimum absolute atomic E-state index is 0.311. The summed E-state index contributed by atoms with van der Waals surface area (Å²) >= 11 is 0. The molecule has 0 bridgehead atoms. The molecule has 2 aromatic rings. The normalized spacial score (nSPS) is 10.8. The van der Waals surface area contributed by atoms with E-state index in [1.165, 1.54) is 0 Å². The average molecular weight is 233 g/mol. The van der Waals surface area contributed by atoms with Gasteiger partial charge in [0.1, 0.15) is 5.69 Å². The minimum atomic E-state index is -0.903. The van der Waals surface area contributed by atoms with E-state index in [1.54, 1.807) is 15.3 Å². The molecule has 0 aromatic carbocycles. The first-order valence-corrected chi connectivity index (χ1v) is 5.48. The van der Waals surface area contributed by atoms with E-state index in [-0.39, 0.29) is 0 Å². The Kier molecular flexibility index (Phi) is 2.75. The standard InChI is InChI=1S/C12H15N3O2/c1-4-15-10(5-6-11(15)12(16)17)9-7-14(3)13-8(9)2/h5-7H,4H2,1-3H3,(H,16,17). The molecule has 0 fully saturated rings. The van der Waals surface area contributed by atoms with Gasteiger partial charge in [0.25, 0.3) is 0 Å². The first kappa shape index (κ1) is 11.4. The lowest BCUT2D eigenvalue weighted by Gasteiger charge is -2.07. The summed E-state index contributed by atoms with van der Waals surface area (Å²) in [5, 5.41) is 13.4. The quantitative estimate of drug-likeness (QED) is 0.881. The van der Waals surface area contributed by atoms with Crippen molar-refractivity contribution in [2.75, 3.05) is 0 Å². The van der Waals surface area contributed by atoms with Gasteiger partial charge in [0.05, 0.1) is 11.4 Å². The van der Waals surface area contributed by atoms with Gasteiger partial charge in [0, 0.05) is 25.4 Å². The van der Waals surface area contributed by atoms with Gasteiger partial charge >= 0.3 is 5.97 Å². The molecule has 0 radical (unpaired) electrons. The second-order valence-corrected chi connectivity index (χ2v) is 3.96. The Hall–Kier alpha value is -2.04. The zero-order valence-corrected chi connectivity index (χ0v) is 10.1. The number of aromatic nitrogens is 3. The molecule has 17 heavy (non-hydrogen) atoms. The van der Waals surface area contributed by atoms with Gasteiger partial charge in [-0.05, 0) is 26.0 Å². The molecule has 5 heteroatoms. The highest BCUT2D eigenvalue weighted by Crippen LogP contribution is 2.25. The van der Waals surface area contributed by atoms with Crippen molar-refractivity contribution < 1.29 is 9.90 Å². The molecule has 2 aromatic heterocycles. The molecule has 1 N–H and O–H groups in total. The van der Waals surface area contributed by atoms with E-state index in [4.69, 9.17) is 5.11 Å². The number of aryl methyl sites for hydroxylation is 2. The van der Waals surface area contributed by atoms with Crippen LogP contribution in [0.4, 0.5) is 0 Å². The van der Waals surface area contributed by atoms with Crippen LogP contribution < -0.4 is 0 Å². The number of carboxylic acids is 1. The third-order valence-electron chi connectivity index (χ3n) is 2.81. The molecule has 5 nitrogen and oxygen atoms in total. The van der Waals surface area contributed by atoms with Crippen molar-refractivity contribution in [3.63, 3.8) is 0 Å². The maximum Gasteiger partial charge on any atom is 0.352 e. The minimum Gasteiger partial charge on any atom is -0.477 e. The van der Waals surface area contributed by atoms with E-state index < -0.39 is 5.97 Å². The van der Waals surface area contributed by atoms with Gasteiger partial charge < -0.3 is 9.67 Å². The Morgan fingerprint density at radius 2 is 2.18 bits per heavy atom. The number of carboxylic acid groups (broad SMARTS) is 1. The molecule has 2 heterocycles. The monoisotopic (exact) mass is 233 g/mol. The summed E-state index contributed by atoms with van der Waals surface area (Å²) in [5.41, 5.74) is 3.08. The summed E-state index contributed by atoms with van der Waals surface area (Å²) in [6.45, 7) is 4.47. The maximum atomic E-state index is 11.1. The van der Waals surface area contributed by atoms with Crippen LogP contribution in [-0.4, -0.2) is 25.4 Å². The smallest absolute Gasteiger partial charge is 0.352 e. The lowest BCUT2D eigenvalue weighted by Crippen LogP contribution is -2.08. The molecule has 0 atom stereocenters. The third kappa shape index (κ3) is 1.84. The van der Waals surface area contributed by atoms with Crippen LogP contribution in [0.15, 0.2) is 18.3 Å². The van der Waals surface area contributed by atoms with E-state index in [0.717, 1.165) is 17.0 Å². The molecule has 0 aliphatic heterocycles. The molecule has 0 saturated heterocycles.